The second-order valence-electron chi connectivity index (χ2n) is 5.75. The Morgan fingerprint density at radius 3 is 1.57 bits per heavy atom. The van der Waals surface area contributed by atoms with Gasteiger partial charge in [-0.2, -0.15) is 0 Å². The van der Waals surface area contributed by atoms with Crippen LogP contribution in [0.15, 0.2) is 64.4 Å². The van der Waals surface area contributed by atoms with Crippen molar-refractivity contribution >= 4 is 9.84 Å². The van der Waals surface area contributed by atoms with Gasteiger partial charge in [0, 0.05) is 0 Å². The van der Waals surface area contributed by atoms with Gasteiger partial charge in [-0.1, -0.05) is 59.2 Å². The third kappa shape index (κ3) is 8.41. The van der Waals surface area contributed by atoms with Crippen molar-refractivity contribution in [2.45, 2.75) is 50.8 Å². The first kappa shape index (κ1) is 21.2. The van der Waals surface area contributed by atoms with Gasteiger partial charge in [-0.15, -0.1) is 0 Å². The summed E-state index contributed by atoms with van der Waals surface area (Å²) in [5.41, 5.74) is 0. The lowest BCUT2D eigenvalue weighted by molar-refractivity contribution is 0.475. The molecule has 0 atom stereocenters. The van der Waals surface area contributed by atoms with Gasteiger partial charge in [-0.25, -0.2) is 8.42 Å². The zero-order valence-electron chi connectivity index (χ0n) is 14.7. The lowest BCUT2D eigenvalue weighted by atomic mass is 10.3. The maximum absolute atomic E-state index is 12.1. The van der Waals surface area contributed by atoms with E-state index in [1.165, 1.54) is 30.7 Å². The molecule has 0 saturated carbocycles. The average Bonchev–Trinajstić information content (AvgIpc) is 2.49. The van der Waals surface area contributed by atoms with Crippen molar-refractivity contribution in [3.8, 4) is 5.75 Å². The monoisotopic (exact) mass is 336 g/mol. The van der Waals surface area contributed by atoms with E-state index in [-0.39, 0.29) is 15.5 Å². The normalized spacial score (nSPS) is 10.2. The fourth-order valence-corrected chi connectivity index (χ4v) is 2.64. The smallest absolute Gasteiger partial charge is 0.206 e. The van der Waals surface area contributed by atoms with Crippen molar-refractivity contribution in [1.82, 2.24) is 0 Å². The van der Waals surface area contributed by atoms with E-state index in [0.717, 1.165) is 5.92 Å². The predicted octanol–water partition coefficient (Wildman–Crippen LogP) is 5.30. The van der Waals surface area contributed by atoms with Gasteiger partial charge in [0.15, 0.2) is 0 Å². The molecule has 0 radical (unpaired) electrons. The van der Waals surface area contributed by atoms with E-state index in [1.807, 2.05) is 0 Å². The summed E-state index contributed by atoms with van der Waals surface area (Å²) in [6, 6.07) is 13.7. The van der Waals surface area contributed by atoms with Gasteiger partial charge in [0.25, 0.3) is 0 Å². The first-order chi connectivity index (χ1) is 10.8. The van der Waals surface area contributed by atoms with Crippen LogP contribution >= 0.6 is 0 Å². The van der Waals surface area contributed by atoms with Gasteiger partial charge >= 0.3 is 0 Å². The molecular weight excluding hydrogens is 308 g/mol. The maximum Gasteiger partial charge on any atom is 0.206 e. The minimum atomic E-state index is -3.47. The van der Waals surface area contributed by atoms with Crippen molar-refractivity contribution < 1.29 is 13.5 Å². The molecule has 2 aromatic carbocycles. The number of hydrogen-bond donors (Lipinski definition) is 1. The fourth-order valence-electron chi connectivity index (χ4n) is 1.36. The molecular formula is C19H28O3S. The Morgan fingerprint density at radius 2 is 1.17 bits per heavy atom. The number of benzene rings is 2. The van der Waals surface area contributed by atoms with E-state index in [2.05, 4.69) is 34.6 Å². The number of phenols is 1. The summed E-state index contributed by atoms with van der Waals surface area (Å²) in [4.78, 5) is 0.428. The molecule has 128 valence electrons. The van der Waals surface area contributed by atoms with Crippen LogP contribution in [0.5, 0.6) is 5.75 Å². The molecule has 0 unspecified atom stereocenters. The van der Waals surface area contributed by atoms with Gasteiger partial charge in [0.2, 0.25) is 9.84 Å². The summed E-state index contributed by atoms with van der Waals surface area (Å²) >= 11 is 0. The molecule has 2 aromatic rings. The topological polar surface area (TPSA) is 54.4 Å². The molecule has 0 aliphatic carbocycles. The van der Waals surface area contributed by atoms with Crippen LogP contribution in [0, 0.1) is 5.92 Å². The average molecular weight is 336 g/mol. The second kappa shape index (κ2) is 10.8. The Hall–Kier alpha value is -1.81. The van der Waals surface area contributed by atoms with Gasteiger partial charge in [-0.3, -0.25) is 0 Å². The Bertz CT molecular complexity index is 627. The van der Waals surface area contributed by atoms with E-state index >= 15 is 0 Å². The Labute approximate surface area is 140 Å². The van der Waals surface area contributed by atoms with Crippen molar-refractivity contribution in [1.29, 1.82) is 0 Å². The molecule has 0 amide bonds. The summed E-state index contributed by atoms with van der Waals surface area (Å²) < 4.78 is 24.1. The van der Waals surface area contributed by atoms with Gasteiger partial charge < -0.3 is 5.11 Å². The van der Waals surface area contributed by atoms with E-state index in [1.54, 1.807) is 30.3 Å². The summed E-state index contributed by atoms with van der Waals surface area (Å²) in [6.45, 7) is 10.8. The summed E-state index contributed by atoms with van der Waals surface area (Å²) in [5, 5.41) is 9.10. The van der Waals surface area contributed by atoms with Crippen molar-refractivity contribution in [3.63, 3.8) is 0 Å². The van der Waals surface area contributed by atoms with E-state index in [4.69, 9.17) is 5.11 Å². The molecule has 0 aliphatic rings. The first-order valence-corrected chi connectivity index (χ1v) is 9.33. The van der Waals surface area contributed by atoms with Gasteiger partial charge in [0.05, 0.1) is 9.79 Å². The van der Waals surface area contributed by atoms with Crippen LogP contribution in [0.4, 0.5) is 0 Å². The zero-order chi connectivity index (χ0) is 17.9. The van der Waals surface area contributed by atoms with Crippen molar-refractivity contribution in [3.05, 3.63) is 54.6 Å². The second-order valence-corrected chi connectivity index (χ2v) is 7.70. The molecule has 1 N–H and O–H groups in total. The highest BCUT2D eigenvalue weighted by Crippen LogP contribution is 2.21. The molecule has 2 rings (SSSR count). The highest BCUT2D eigenvalue weighted by molar-refractivity contribution is 7.91. The quantitative estimate of drug-likeness (QED) is 0.809. The third-order valence-electron chi connectivity index (χ3n) is 2.20. The Morgan fingerprint density at radius 1 is 0.826 bits per heavy atom. The molecule has 0 heterocycles. The van der Waals surface area contributed by atoms with Gasteiger partial charge in [-0.05, 0) is 42.3 Å². The minimum Gasteiger partial charge on any atom is -0.508 e. The largest absolute Gasteiger partial charge is 0.508 e. The molecule has 4 heteroatoms. The molecule has 0 aliphatic heterocycles. The standard InChI is InChI=1S/C12H10O3S.C4H10.C3H8/c13-10-6-8-12(9-7-10)16(14,15)11-4-2-1-3-5-11;1-4(2)3;1-3-2/h1-9,13H;4H,1-3H3;3H2,1-2H3. The minimum absolute atomic E-state index is 0.0482. The summed E-state index contributed by atoms with van der Waals surface area (Å²) in [5.74, 6) is 0.881. The first-order valence-electron chi connectivity index (χ1n) is 7.84. The molecule has 0 saturated heterocycles. The van der Waals surface area contributed by atoms with Crippen LogP contribution in [0.1, 0.15) is 41.0 Å². The zero-order valence-corrected chi connectivity index (χ0v) is 15.5. The van der Waals surface area contributed by atoms with Crippen LogP contribution < -0.4 is 0 Å². The number of sulfone groups is 1. The van der Waals surface area contributed by atoms with E-state index in [0.29, 0.717) is 0 Å². The summed E-state index contributed by atoms with van der Waals surface area (Å²) in [6.07, 6.45) is 1.25. The number of aromatic hydroxyl groups is 1. The van der Waals surface area contributed by atoms with Crippen molar-refractivity contribution in [2.75, 3.05) is 0 Å². The summed E-state index contributed by atoms with van der Waals surface area (Å²) in [7, 11) is -3.47. The van der Waals surface area contributed by atoms with Gasteiger partial charge in [0.1, 0.15) is 5.75 Å². The molecule has 23 heavy (non-hydrogen) atoms. The van der Waals surface area contributed by atoms with E-state index < -0.39 is 9.84 Å². The van der Waals surface area contributed by atoms with Crippen LogP contribution in [0.3, 0.4) is 0 Å². The van der Waals surface area contributed by atoms with Crippen molar-refractivity contribution in [2.24, 2.45) is 5.92 Å². The molecule has 0 fully saturated rings. The third-order valence-corrected chi connectivity index (χ3v) is 3.99. The fraction of sp³-hybridized carbons (Fsp3) is 0.368. The maximum atomic E-state index is 12.1. The van der Waals surface area contributed by atoms with Crippen LogP contribution in [-0.2, 0) is 9.84 Å². The predicted molar refractivity (Wildman–Crippen MR) is 96.5 cm³/mol. The Kier molecular flexibility index (Phi) is 9.99. The van der Waals surface area contributed by atoms with E-state index in [9.17, 15) is 8.42 Å². The van der Waals surface area contributed by atoms with Crippen LogP contribution in [-0.4, -0.2) is 13.5 Å². The highest BCUT2D eigenvalue weighted by Gasteiger charge is 2.16. The molecule has 3 nitrogen and oxygen atoms in total. The molecule has 0 bridgehead atoms. The SMILES string of the molecule is CC(C)C.CCC.O=S(=O)(c1ccccc1)c1ccc(O)cc1. The number of rotatable bonds is 2. The number of hydrogen-bond acceptors (Lipinski definition) is 3. The molecule has 0 spiro atoms. The highest BCUT2D eigenvalue weighted by atomic mass is 32.2. The lowest BCUT2D eigenvalue weighted by Crippen LogP contribution is -2.00. The lowest BCUT2D eigenvalue weighted by Gasteiger charge is -2.03. The molecule has 0 aromatic heterocycles. The van der Waals surface area contributed by atoms with Crippen LogP contribution in [0.2, 0.25) is 0 Å². The number of phenolic OH excluding ortho intramolecular Hbond substituents is 1. The Balaban J connectivity index is 0.000000591. The van der Waals surface area contributed by atoms with Crippen LogP contribution in [0.25, 0.3) is 0 Å².